The first-order chi connectivity index (χ1) is 5.75. The van der Waals surface area contributed by atoms with E-state index in [1.54, 1.807) is 30.6 Å². The summed E-state index contributed by atoms with van der Waals surface area (Å²) in [6.45, 7) is 3.42. The number of hydrogen-bond donors (Lipinski definition) is 1. The number of aliphatic hydroxyl groups is 1. The van der Waals surface area contributed by atoms with E-state index in [9.17, 15) is 5.11 Å². The van der Waals surface area contributed by atoms with Crippen LogP contribution in [-0.2, 0) is 0 Å². The molecule has 0 aliphatic heterocycles. The van der Waals surface area contributed by atoms with Gasteiger partial charge in [-0.1, -0.05) is 6.58 Å². The monoisotopic (exact) mass is 160 g/mol. The SMILES string of the molecule is C=C(C#N)C(O)c1ccncc1. The Hall–Kier alpha value is -1.66. The van der Waals surface area contributed by atoms with Crippen molar-refractivity contribution >= 4 is 0 Å². The van der Waals surface area contributed by atoms with Crippen LogP contribution in [0.3, 0.4) is 0 Å². The van der Waals surface area contributed by atoms with Crippen molar-refractivity contribution in [2.45, 2.75) is 6.10 Å². The first-order valence-electron chi connectivity index (χ1n) is 3.42. The van der Waals surface area contributed by atoms with E-state index in [2.05, 4.69) is 11.6 Å². The molecular formula is C9H8N2O. The van der Waals surface area contributed by atoms with Crippen molar-refractivity contribution in [1.29, 1.82) is 5.26 Å². The summed E-state index contributed by atoms with van der Waals surface area (Å²) in [6.07, 6.45) is 2.21. The molecule has 1 unspecified atom stereocenters. The van der Waals surface area contributed by atoms with Crippen LogP contribution in [0.2, 0.25) is 0 Å². The predicted molar refractivity (Wildman–Crippen MR) is 43.9 cm³/mol. The molecule has 0 aliphatic rings. The number of hydrogen-bond acceptors (Lipinski definition) is 3. The van der Waals surface area contributed by atoms with Gasteiger partial charge in [0.05, 0.1) is 11.6 Å². The smallest absolute Gasteiger partial charge is 0.113 e. The van der Waals surface area contributed by atoms with E-state index in [0.717, 1.165) is 0 Å². The zero-order valence-electron chi connectivity index (χ0n) is 6.44. The fourth-order valence-corrected chi connectivity index (χ4v) is 0.808. The molecule has 12 heavy (non-hydrogen) atoms. The van der Waals surface area contributed by atoms with Gasteiger partial charge in [-0.2, -0.15) is 5.26 Å². The highest BCUT2D eigenvalue weighted by Gasteiger charge is 2.09. The fraction of sp³-hybridized carbons (Fsp3) is 0.111. The minimum absolute atomic E-state index is 0.140. The molecule has 1 aromatic rings. The Balaban J connectivity index is 2.87. The molecule has 3 nitrogen and oxygen atoms in total. The maximum Gasteiger partial charge on any atom is 0.113 e. The number of rotatable bonds is 2. The second-order valence-corrected chi connectivity index (χ2v) is 2.32. The van der Waals surface area contributed by atoms with Gasteiger partial charge in [0.2, 0.25) is 0 Å². The van der Waals surface area contributed by atoms with Crippen molar-refractivity contribution in [2.24, 2.45) is 0 Å². The number of aliphatic hydroxyl groups excluding tert-OH is 1. The highest BCUT2D eigenvalue weighted by Crippen LogP contribution is 2.17. The minimum Gasteiger partial charge on any atom is -0.383 e. The molecule has 0 fully saturated rings. The van der Waals surface area contributed by atoms with E-state index >= 15 is 0 Å². The Morgan fingerprint density at radius 2 is 2.17 bits per heavy atom. The second kappa shape index (κ2) is 3.65. The molecule has 1 N–H and O–H groups in total. The lowest BCUT2D eigenvalue weighted by Crippen LogP contribution is -1.98. The van der Waals surface area contributed by atoms with Crippen molar-refractivity contribution < 1.29 is 5.11 Å². The minimum atomic E-state index is -0.905. The highest BCUT2D eigenvalue weighted by molar-refractivity contribution is 5.30. The molecule has 0 amide bonds. The maximum atomic E-state index is 9.44. The van der Waals surface area contributed by atoms with Crippen LogP contribution in [0, 0.1) is 11.3 Å². The number of aromatic nitrogens is 1. The van der Waals surface area contributed by atoms with Crippen LogP contribution < -0.4 is 0 Å². The van der Waals surface area contributed by atoms with Crippen LogP contribution >= 0.6 is 0 Å². The Bertz CT molecular complexity index is 313. The fourth-order valence-electron chi connectivity index (χ4n) is 0.808. The third-order valence-electron chi connectivity index (χ3n) is 1.50. The summed E-state index contributed by atoms with van der Waals surface area (Å²) in [6, 6.07) is 5.09. The predicted octanol–water partition coefficient (Wildman–Crippen LogP) is 1.19. The topological polar surface area (TPSA) is 56.9 Å². The van der Waals surface area contributed by atoms with Gasteiger partial charge in [-0.25, -0.2) is 0 Å². The normalized spacial score (nSPS) is 11.7. The van der Waals surface area contributed by atoms with Crippen LogP contribution in [0.15, 0.2) is 36.7 Å². The summed E-state index contributed by atoms with van der Waals surface area (Å²) in [7, 11) is 0. The first-order valence-corrected chi connectivity index (χ1v) is 3.42. The quantitative estimate of drug-likeness (QED) is 0.661. The van der Waals surface area contributed by atoms with Gasteiger partial charge in [0.1, 0.15) is 6.10 Å². The van der Waals surface area contributed by atoms with Crippen molar-refractivity contribution in [1.82, 2.24) is 4.98 Å². The molecule has 0 radical (unpaired) electrons. The third kappa shape index (κ3) is 1.68. The second-order valence-electron chi connectivity index (χ2n) is 2.32. The Morgan fingerprint density at radius 3 is 2.67 bits per heavy atom. The molecule has 0 saturated carbocycles. The van der Waals surface area contributed by atoms with Crippen LogP contribution in [0.5, 0.6) is 0 Å². The van der Waals surface area contributed by atoms with Gasteiger partial charge in [0, 0.05) is 12.4 Å². The zero-order valence-corrected chi connectivity index (χ0v) is 6.44. The average molecular weight is 160 g/mol. The van der Waals surface area contributed by atoms with Crippen LogP contribution in [0.25, 0.3) is 0 Å². The Labute approximate surface area is 70.6 Å². The standard InChI is InChI=1S/C9H8N2O/c1-7(6-10)9(12)8-2-4-11-5-3-8/h2-5,9,12H,1H2. The molecule has 0 aromatic carbocycles. The highest BCUT2D eigenvalue weighted by atomic mass is 16.3. The number of nitrogens with zero attached hydrogens (tertiary/aromatic N) is 2. The Kier molecular flexibility index (Phi) is 2.57. The third-order valence-corrected chi connectivity index (χ3v) is 1.50. The summed E-state index contributed by atoms with van der Waals surface area (Å²) in [5.74, 6) is 0. The van der Waals surface area contributed by atoms with Gasteiger partial charge in [-0.05, 0) is 17.7 Å². The van der Waals surface area contributed by atoms with Crippen molar-refractivity contribution in [3.05, 3.63) is 42.2 Å². The van der Waals surface area contributed by atoms with Crippen LogP contribution in [0.4, 0.5) is 0 Å². The van der Waals surface area contributed by atoms with E-state index in [-0.39, 0.29) is 5.57 Å². The van der Waals surface area contributed by atoms with Gasteiger partial charge in [-0.3, -0.25) is 4.98 Å². The van der Waals surface area contributed by atoms with Crippen LogP contribution in [0.1, 0.15) is 11.7 Å². The zero-order chi connectivity index (χ0) is 8.97. The van der Waals surface area contributed by atoms with Gasteiger partial charge in [-0.15, -0.1) is 0 Å². The van der Waals surface area contributed by atoms with Crippen molar-refractivity contribution in [2.75, 3.05) is 0 Å². The van der Waals surface area contributed by atoms with E-state index in [0.29, 0.717) is 5.56 Å². The molecule has 1 aromatic heterocycles. The summed E-state index contributed by atoms with van der Waals surface area (Å²) < 4.78 is 0. The molecule has 0 spiro atoms. The molecule has 1 atom stereocenters. The lowest BCUT2D eigenvalue weighted by Gasteiger charge is -2.06. The van der Waals surface area contributed by atoms with Gasteiger partial charge in [0.15, 0.2) is 0 Å². The molecule has 60 valence electrons. The molecule has 1 heterocycles. The van der Waals surface area contributed by atoms with E-state index in [4.69, 9.17) is 5.26 Å². The van der Waals surface area contributed by atoms with Gasteiger partial charge >= 0.3 is 0 Å². The Morgan fingerprint density at radius 1 is 1.58 bits per heavy atom. The van der Waals surface area contributed by atoms with Crippen molar-refractivity contribution in [3.63, 3.8) is 0 Å². The molecular weight excluding hydrogens is 152 g/mol. The van der Waals surface area contributed by atoms with Crippen LogP contribution in [-0.4, -0.2) is 10.1 Å². The number of nitriles is 1. The molecule has 0 aliphatic carbocycles. The number of pyridine rings is 1. The molecule has 0 bridgehead atoms. The largest absolute Gasteiger partial charge is 0.383 e. The maximum absolute atomic E-state index is 9.44. The molecule has 0 saturated heterocycles. The van der Waals surface area contributed by atoms with Gasteiger partial charge in [0.25, 0.3) is 0 Å². The summed E-state index contributed by atoms with van der Waals surface area (Å²) in [5.41, 5.74) is 0.776. The molecule has 3 heteroatoms. The molecule has 1 rings (SSSR count). The summed E-state index contributed by atoms with van der Waals surface area (Å²) in [4.78, 5) is 3.79. The lowest BCUT2D eigenvalue weighted by molar-refractivity contribution is 0.221. The summed E-state index contributed by atoms with van der Waals surface area (Å²) >= 11 is 0. The van der Waals surface area contributed by atoms with Gasteiger partial charge < -0.3 is 5.11 Å². The lowest BCUT2D eigenvalue weighted by atomic mass is 10.1. The first kappa shape index (κ1) is 8.44. The van der Waals surface area contributed by atoms with E-state index in [1.807, 2.05) is 0 Å². The van der Waals surface area contributed by atoms with Crippen molar-refractivity contribution in [3.8, 4) is 6.07 Å². The summed E-state index contributed by atoms with van der Waals surface area (Å²) in [5, 5.41) is 17.9. The van der Waals surface area contributed by atoms with E-state index in [1.165, 1.54) is 0 Å². The average Bonchev–Trinajstić information content (AvgIpc) is 2.17. The van der Waals surface area contributed by atoms with E-state index < -0.39 is 6.10 Å².